The zero-order chi connectivity index (χ0) is 9.97. The van der Waals surface area contributed by atoms with E-state index in [9.17, 15) is 4.79 Å². The molecule has 0 atom stereocenters. The van der Waals surface area contributed by atoms with Crippen molar-refractivity contribution in [1.29, 1.82) is 0 Å². The minimum Gasteiger partial charge on any atom is -0.459 e. The fourth-order valence-corrected chi connectivity index (χ4v) is 1.72. The quantitative estimate of drug-likeness (QED) is 0.759. The Kier molecular flexibility index (Phi) is 2.87. The summed E-state index contributed by atoms with van der Waals surface area (Å²) in [5.41, 5.74) is 0.617. The van der Waals surface area contributed by atoms with E-state index in [2.05, 4.69) is 15.9 Å². The van der Waals surface area contributed by atoms with Gasteiger partial charge in [0.25, 0.3) is 0 Å². The van der Waals surface area contributed by atoms with Crippen LogP contribution in [0.1, 0.15) is 29.6 Å². The molecule has 0 spiro atoms. The molecule has 0 unspecified atom stereocenters. The van der Waals surface area contributed by atoms with E-state index in [4.69, 9.17) is 4.74 Å². The van der Waals surface area contributed by atoms with Crippen LogP contribution in [0.15, 0.2) is 28.7 Å². The summed E-state index contributed by atoms with van der Waals surface area (Å²) in [5, 5.41) is 0. The standard InChI is InChI=1S/C11H11BrO2/c12-9-4-1-3-8(7-9)11(13)14-10-5-2-6-10/h1,3-4,7,10H,2,5-6H2. The molecule has 14 heavy (non-hydrogen) atoms. The molecule has 2 rings (SSSR count). The van der Waals surface area contributed by atoms with Crippen LogP contribution in [0, 0.1) is 0 Å². The largest absolute Gasteiger partial charge is 0.459 e. The van der Waals surface area contributed by atoms with E-state index in [1.807, 2.05) is 12.1 Å². The summed E-state index contributed by atoms with van der Waals surface area (Å²) in [7, 11) is 0. The number of benzene rings is 1. The Morgan fingerprint density at radius 3 is 2.79 bits per heavy atom. The number of hydrogen-bond acceptors (Lipinski definition) is 2. The first-order valence-electron chi connectivity index (χ1n) is 4.72. The molecule has 1 saturated carbocycles. The van der Waals surface area contributed by atoms with Gasteiger partial charge in [-0.15, -0.1) is 0 Å². The number of esters is 1. The lowest BCUT2D eigenvalue weighted by Crippen LogP contribution is -2.25. The van der Waals surface area contributed by atoms with Crippen molar-refractivity contribution in [3.05, 3.63) is 34.3 Å². The third-order valence-electron chi connectivity index (χ3n) is 2.39. The molecule has 0 N–H and O–H groups in total. The second kappa shape index (κ2) is 4.13. The van der Waals surface area contributed by atoms with E-state index < -0.39 is 0 Å². The zero-order valence-corrected chi connectivity index (χ0v) is 9.29. The van der Waals surface area contributed by atoms with Crippen molar-refractivity contribution in [1.82, 2.24) is 0 Å². The SMILES string of the molecule is O=C(OC1CCC1)c1cccc(Br)c1. The summed E-state index contributed by atoms with van der Waals surface area (Å²) in [6.07, 6.45) is 3.36. The second-order valence-electron chi connectivity index (χ2n) is 3.47. The van der Waals surface area contributed by atoms with Gasteiger partial charge >= 0.3 is 5.97 Å². The van der Waals surface area contributed by atoms with Crippen LogP contribution in [0.2, 0.25) is 0 Å². The molecule has 74 valence electrons. The Balaban J connectivity index is 2.02. The van der Waals surface area contributed by atoms with E-state index in [1.54, 1.807) is 12.1 Å². The van der Waals surface area contributed by atoms with Crippen LogP contribution < -0.4 is 0 Å². The van der Waals surface area contributed by atoms with Gasteiger partial charge in [0.2, 0.25) is 0 Å². The topological polar surface area (TPSA) is 26.3 Å². The molecule has 1 aliphatic carbocycles. The summed E-state index contributed by atoms with van der Waals surface area (Å²) in [6.45, 7) is 0. The van der Waals surface area contributed by atoms with Crippen LogP contribution >= 0.6 is 15.9 Å². The summed E-state index contributed by atoms with van der Waals surface area (Å²) < 4.78 is 6.17. The van der Waals surface area contributed by atoms with Crippen LogP contribution in [0.25, 0.3) is 0 Å². The maximum absolute atomic E-state index is 11.6. The molecule has 0 saturated heterocycles. The summed E-state index contributed by atoms with van der Waals surface area (Å²) >= 11 is 3.32. The molecule has 0 radical (unpaired) electrons. The highest BCUT2D eigenvalue weighted by molar-refractivity contribution is 9.10. The van der Waals surface area contributed by atoms with E-state index in [-0.39, 0.29) is 12.1 Å². The Morgan fingerprint density at radius 2 is 2.21 bits per heavy atom. The highest BCUT2D eigenvalue weighted by Gasteiger charge is 2.22. The molecule has 3 heteroatoms. The Bertz CT molecular complexity index is 345. The van der Waals surface area contributed by atoms with E-state index in [1.165, 1.54) is 6.42 Å². The number of carbonyl (C=O) groups excluding carboxylic acids is 1. The monoisotopic (exact) mass is 254 g/mol. The summed E-state index contributed by atoms with van der Waals surface area (Å²) in [6, 6.07) is 7.27. The van der Waals surface area contributed by atoms with Gasteiger partial charge in [0.05, 0.1) is 5.56 Å². The zero-order valence-electron chi connectivity index (χ0n) is 7.70. The number of carbonyl (C=O) groups is 1. The highest BCUT2D eigenvalue weighted by atomic mass is 79.9. The van der Waals surface area contributed by atoms with Gasteiger partial charge in [-0.3, -0.25) is 0 Å². The van der Waals surface area contributed by atoms with Gasteiger partial charge in [0.15, 0.2) is 0 Å². The van der Waals surface area contributed by atoms with Crippen molar-refractivity contribution in [2.75, 3.05) is 0 Å². The third-order valence-corrected chi connectivity index (χ3v) is 2.88. The predicted molar refractivity (Wildman–Crippen MR) is 57.2 cm³/mol. The number of rotatable bonds is 2. The number of halogens is 1. The van der Waals surface area contributed by atoms with Gasteiger partial charge in [-0.1, -0.05) is 22.0 Å². The van der Waals surface area contributed by atoms with Crippen molar-refractivity contribution >= 4 is 21.9 Å². The van der Waals surface area contributed by atoms with Crippen LogP contribution in [0.4, 0.5) is 0 Å². The molecule has 0 amide bonds. The molecule has 0 aliphatic heterocycles. The van der Waals surface area contributed by atoms with Gasteiger partial charge in [-0.2, -0.15) is 0 Å². The summed E-state index contributed by atoms with van der Waals surface area (Å²) in [5.74, 6) is -0.212. The maximum atomic E-state index is 11.6. The smallest absolute Gasteiger partial charge is 0.338 e. The molecular weight excluding hydrogens is 244 g/mol. The first-order chi connectivity index (χ1) is 6.75. The van der Waals surface area contributed by atoms with Gasteiger partial charge < -0.3 is 4.74 Å². The number of ether oxygens (including phenoxy) is 1. The lowest BCUT2D eigenvalue weighted by atomic mass is 9.96. The lowest BCUT2D eigenvalue weighted by Gasteiger charge is -2.25. The summed E-state index contributed by atoms with van der Waals surface area (Å²) in [4.78, 5) is 11.6. The van der Waals surface area contributed by atoms with Crippen LogP contribution in [-0.4, -0.2) is 12.1 Å². The predicted octanol–water partition coefficient (Wildman–Crippen LogP) is 3.16. The van der Waals surface area contributed by atoms with E-state index >= 15 is 0 Å². The molecule has 1 aliphatic rings. The second-order valence-corrected chi connectivity index (χ2v) is 4.38. The van der Waals surface area contributed by atoms with Crippen LogP contribution in [-0.2, 0) is 4.74 Å². The highest BCUT2D eigenvalue weighted by Crippen LogP contribution is 2.23. The van der Waals surface area contributed by atoms with Crippen LogP contribution in [0.3, 0.4) is 0 Å². The maximum Gasteiger partial charge on any atom is 0.338 e. The van der Waals surface area contributed by atoms with Crippen molar-refractivity contribution in [3.63, 3.8) is 0 Å². The molecule has 1 fully saturated rings. The van der Waals surface area contributed by atoms with Crippen molar-refractivity contribution in [2.45, 2.75) is 25.4 Å². The first kappa shape index (κ1) is 9.71. The Labute approximate surface area is 91.4 Å². The molecule has 0 aromatic heterocycles. The average molecular weight is 255 g/mol. The first-order valence-corrected chi connectivity index (χ1v) is 5.51. The minimum absolute atomic E-state index is 0.154. The lowest BCUT2D eigenvalue weighted by molar-refractivity contribution is 0.00900. The minimum atomic E-state index is -0.212. The third kappa shape index (κ3) is 2.15. The van der Waals surface area contributed by atoms with Crippen molar-refractivity contribution < 1.29 is 9.53 Å². The normalized spacial score (nSPS) is 16.1. The molecule has 0 heterocycles. The molecular formula is C11H11BrO2. The van der Waals surface area contributed by atoms with Crippen LogP contribution in [0.5, 0.6) is 0 Å². The van der Waals surface area contributed by atoms with Gasteiger partial charge in [0, 0.05) is 4.47 Å². The Hall–Kier alpha value is -0.830. The fraction of sp³-hybridized carbons (Fsp3) is 0.364. The van der Waals surface area contributed by atoms with Crippen molar-refractivity contribution in [3.8, 4) is 0 Å². The van der Waals surface area contributed by atoms with E-state index in [0.717, 1.165) is 17.3 Å². The molecule has 1 aromatic rings. The fourth-order valence-electron chi connectivity index (χ4n) is 1.32. The van der Waals surface area contributed by atoms with Gasteiger partial charge in [-0.25, -0.2) is 4.79 Å². The van der Waals surface area contributed by atoms with Gasteiger partial charge in [-0.05, 0) is 37.5 Å². The van der Waals surface area contributed by atoms with Crippen molar-refractivity contribution in [2.24, 2.45) is 0 Å². The molecule has 1 aromatic carbocycles. The number of hydrogen-bond donors (Lipinski definition) is 0. The van der Waals surface area contributed by atoms with E-state index in [0.29, 0.717) is 5.56 Å². The molecule has 0 bridgehead atoms. The van der Waals surface area contributed by atoms with Gasteiger partial charge in [0.1, 0.15) is 6.10 Å². The average Bonchev–Trinajstić information content (AvgIpc) is 2.11. The Morgan fingerprint density at radius 1 is 1.43 bits per heavy atom. The molecule has 2 nitrogen and oxygen atoms in total.